The van der Waals surface area contributed by atoms with Crippen molar-refractivity contribution in [2.24, 2.45) is 0 Å². The van der Waals surface area contributed by atoms with Gasteiger partial charge in [0.25, 0.3) is 0 Å². The van der Waals surface area contributed by atoms with E-state index in [0.717, 1.165) is 24.2 Å². The molecular formula is C28H32F3N5O5. The van der Waals surface area contributed by atoms with Gasteiger partial charge in [-0.3, -0.25) is 0 Å². The number of aromatic carboxylic acids is 1. The first kappa shape index (κ1) is 31.0. The normalized spacial score (nSPS) is 11.3. The average molecular weight is 576 g/mol. The van der Waals surface area contributed by atoms with Crippen LogP contribution < -0.4 is 24.8 Å². The molecule has 0 aliphatic heterocycles. The molecule has 0 unspecified atom stereocenters. The summed E-state index contributed by atoms with van der Waals surface area (Å²) in [5, 5.41) is 15.2. The van der Waals surface area contributed by atoms with E-state index in [1.165, 1.54) is 18.2 Å². The Labute approximate surface area is 235 Å². The minimum Gasteiger partial charge on any atom is -0.494 e. The molecule has 0 radical (unpaired) electrons. The molecule has 10 nitrogen and oxygen atoms in total. The minimum atomic E-state index is -4.59. The Morgan fingerprint density at radius 3 is 2.44 bits per heavy atom. The topological polar surface area (TPSA) is 128 Å². The maximum Gasteiger partial charge on any atom is 0.422 e. The molecule has 0 saturated heterocycles. The van der Waals surface area contributed by atoms with Crippen LogP contribution in [0.25, 0.3) is 0 Å². The van der Waals surface area contributed by atoms with E-state index in [0.29, 0.717) is 25.3 Å². The van der Waals surface area contributed by atoms with Gasteiger partial charge in [0.1, 0.15) is 17.1 Å². The highest BCUT2D eigenvalue weighted by Gasteiger charge is 2.29. The molecule has 3 N–H and O–H groups in total. The van der Waals surface area contributed by atoms with Gasteiger partial charge in [0.05, 0.1) is 13.2 Å². The first-order valence-electron chi connectivity index (χ1n) is 13.0. The fraction of sp³-hybridized carbons (Fsp3) is 0.357. The molecule has 2 aromatic carbocycles. The van der Waals surface area contributed by atoms with Crippen LogP contribution in [0.1, 0.15) is 49.0 Å². The number of halogens is 3. The number of allylic oxidation sites excluding steroid dienone is 2. The lowest BCUT2D eigenvalue weighted by Gasteiger charge is -2.13. The molecular weight excluding hydrogens is 543 g/mol. The van der Waals surface area contributed by atoms with Crippen molar-refractivity contribution in [1.29, 1.82) is 0 Å². The Kier molecular flexibility index (Phi) is 11.6. The van der Waals surface area contributed by atoms with Gasteiger partial charge in [0.15, 0.2) is 6.61 Å². The number of carboxylic acids is 1. The maximum atomic E-state index is 12.8. The number of ether oxygens (including phenoxy) is 3. The number of unbranched alkanes of at least 4 members (excludes halogenated alkanes) is 1. The molecule has 13 heteroatoms. The number of carboxylic acid groups (broad SMARTS) is 1. The van der Waals surface area contributed by atoms with Gasteiger partial charge in [0.2, 0.25) is 11.9 Å². The van der Waals surface area contributed by atoms with Crippen molar-refractivity contribution < 1.29 is 37.3 Å². The van der Waals surface area contributed by atoms with Crippen molar-refractivity contribution in [3.63, 3.8) is 0 Å². The molecule has 0 bridgehead atoms. The zero-order chi connectivity index (χ0) is 29.7. The molecule has 3 aromatic rings. The van der Waals surface area contributed by atoms with Crippen LogP contribution in [0.3, 0.4) is 0 Å². The van der Waals surface area contributed by atoms with Gasteiger partial charge in [-0.25, -0.2) is 4.79 Å². The lowest BCUT2D eigenvalue weighted by Crippen LogP contribution is -2.21. The summed E-state index contributed by atoms with van der Waals surface area (Å²) in [6.45, 7) is 3.40. The first-order chi connectivity index (χ1) is 19.7. The van der Waals surface area contributed by atoms with Crippen LogP contribution >= 0.6 is 0 Å². The van der Waals surface area contributed by atoms with Crippen molar-refractivity contribution in [2.75, 3.05) is 30.5 Å². The number of hydrogen-bond acceptors (Lipinski definition) is 9. The molecule has 3 rings (SSSR count). The SMILES string of the molecule is C/C=C/CCCOc1ccc(CNc2nc(Nc3ccc(C(=O)O)c(OCCC)c3)nc(OCC(F)(F)F)n2)cc1. The Hall–Kier alpha value is -4.55. The standard InChI is InChI=1S/C28H32F3N5O5/c1-3-5-6-7-15-39-21-11-8-19(9-12-21)17-32-25-34-26(36-27(35-25)41-18-28(29,30)31)33-20-10-13-22(24(37)38)23(16-20)40-14-4-2/h3,5,8-13,16H,4,6-7,14-15,17-18H2,1-2H3,(H,37,38)(H2,32,33,34,35,36)/b5-3+. The highest BCUT2D eigenvalue weighted by atomic mass is 19.4. The number of hydrogen-bond donors (Lipinski definition) is 3. The van der Waals surface area contributed by atoms with E-state index in [1.807, 2.05) is 44.2 Å². The molecule has 0 fully saturated rings. The van der Waals surface area contributed by atoms with Crippen LogP contribution in [0.2, 0.25) is 0 Å². The summed E-state index contributed by atoms with van der Waals surface area (Å²) < 4.78 is 54.3. The number of nitrogens with zero attached hydrogens (tertiary/aromatic N) is 3. The van der Waals surface area contributed by atoms with Crippen LogP contribution in [0.5, 0.6) is 17.5 Å². The van der Waals surface area contributed by atoms with E-state index in [9.17, 15) is 23.1 Å². The highest BCUT2D eigenvalue weighted by Crippen LogP contribution is 2.26. The Morgan fingerprint density at radius 1 is 1.00 bits per heavy atom. The summed E-state index contributed by atoms with van der Waals surface area (Å²) in [5.74, 6) is -0.476. The van der Waals surface area contributed by atoms with Crippen LogP contribution in [0.4, 0.5) is 30.8 Å². The van der Waals surface area contributed by atoms with E-state index in [2.05, 4.69) is 31.7 Å². The van der Waals surface area contributed by atoms with Crippen LogP contribution in [0, 0.1) is 0 Å². The molecule has 0 spiro atoms. The molecule has 1 heterocycles. The number of rotatable bonds is 16. The molecule has 0 atom stereocenters. The Bertz CT molecular complexity index is 1300. The van der Waals surface area contributed by atoms with Gasteiger partial charge in [-0.15, -0.1) is 0 Å². The number of nitrogens with one attached hydrogen (secondary N) is 2. The number of carbonyl (C=O) groups is 1. The van der Waals surface area contributed by atoms with Crippen molar-refractivity contribution in [1.82, 2.24) is 15.0 Å². The molecule has 41 heavy (non-hydrogen) atoms. The first-order valence-corrected chi connectivity index (χ1v) is 13.0. The summed E-state index contributed by atoms with van der Waals surface area (Å²) in [4.78, 5) is 23.6. The molecule has 0 aliphatic carbocycles. The Morgan fingerprint density at radius 2 is 1.76 bits per heavy atom. The van der Waals surface area contributed by atoms with E-state index < -0.39 is 24.8 Å². The predicted octanol–water partition coefficient (Wildman–Crippen LogP) is 6.39. The van der Waals surface area contributed by atoms with Gasteiger partial charge >= 0.3 is 18.2 Å². The fourth-order valence-corrected chi connectivity index (χ4v) is 3.38. The van der Waals surface area contributed by atoms with Crippen LogP contribution in [-0.2, 0) is 6.54 Å². The van der Waals surface area contributed by atoms with Gasteiger partial charge in [-0.2, -0.15) is 28.1 Å². The fourth-order valence-electron chi connectivity index (χ4n) is 3.38. The highest BCUT2D eigenvalue weighted by molar-refractivity contribution is 5.91. The molecule has 0 amide bonds. The van der Waals surface area contributed by atoms with E-state index >= 15 is 0 Å². The molecule has 1 aromatic heterocycles. The van der Waals surface area contributed by atoms with Crippen molar-refractivity contribution in [3.05, 3.63) is 65.7 Å². The maximum absolute atomic E-state index is 12.8. The third-order valence-electron chi connectivity index (χ3n) is 5.30. The average Bonchev–Trinajstić information content (AvgIpc) is 2.94. The number of alkyl halides is 3. The van der Waals surface area contributed by atoms with Gasteiger partial charge in [0, 0.05) is 18.3 Å². The number of benzene rings is 2. The number of aromatic nitrogens is 3. The van der Waals surface area contributed by atoms with Gasteiger partial charge in [-0.1, -0.05) is 31.2 Å². The lowest BCUT2D eigenvalue weighted by atomic mass is 10.2. The van der Waals surface area contributed by atoms with Gasteiger partial charge < -0.3 is 30.0 Å². The second-order valence-electron chi connectivity index (χ2n) is 8.72. The monoisotopic (exact) mass is 575 g/mol. The molecule has 0 saturated carbocycles. The van der Waals surface area contributed by atoms with Crippen molar-refractivity contribution in [3.8, 4) is 17.5 Å². The second kappa shape index (κ2) is 15.3. The van der Waals surface area contributed by atoms with Gasteiger partial charge in [-0.05, 0) is 56.0 Å². The zero-order valence-corrected chi connectivity index (χ0v) is 22.7. The summed E-state index contributed by atoms with van der Waals surface area (Å²) in [5.41, 5.74) is 1.16. The quantitative estimate of drug-likeness (QED) is 0.131. The number of anilines is 3. The molecule has 220 valence electrons. The third kappa shape index (κ3) is 10.9. The second-order valence-corrected chi connectivity index (χ2v) is 8.72. The lowest BCUT2D eigenvalue weighted by molar-refractivity contribution is -0.154. The summed E-state index contributed by atoms with van der Waals surface area (Å²) >= 11 is 0. The third-order valence-corrected chi connectivity index (χ3v) is 5.30. The van der Waals surface area contributed by atoms with E-state index in [1.54, 1.807) is 0 Å². The smallest absolute Gasteiger partial charge is 0.422 e. The zero-order valence-electron chi connectivity index (χ0n) is 22.7. The predicted molar refractivity (Wildman–Crippen MR) is 147 cm³/mol. The summed E-state index contributed by atoms with van der Waals surface area (Å²) in [6.07, 6.45) is 1.98. The van der Waals surface area contributed by atoms with E-state index in [4.69, 9.17) is 14.2 Å². The van der Waals surface area contributed by atoms with E-state index in [-0.39, 0.29) is 29.8 Å². The molecule has 0 aliphatic rings. The van der Waals surface area contributed by atoms with Crippen molar-refractivity contribution in [2.45, 2.75) is 45.8 Å². The Balaban J connectivity index is 1.74. The summed E-state index contributed by atoms with van der Waals surface area (Å²) in [7, 11) is 0. The van der Waals surface area contributed by atoms with Crippen molar-refractivity contribution >= 4 is 23.6 Å². The largest absolute Gasteiger partial charge is 0.494 e. The minimum absolute atomic E-state index is 0.0337. The van der Waals surface area contributed by atoms with Crippen LogP contribution in [0.15, 0.2) is 54.6 Å². The van der Waals surface area contributed by atoms with Crippen LogP contribution in [-0.4, -0.2) is 52.0 Å². The summed E-state index contributed by atoms with van der Waals surface area (Å²) in [6, 6.07) is 11.0.